The van der Waals surface area contributed by atoms with Crippen LogP contribution in [0.5, 0.6) is 17.2 Å². The number of benzene rings is 2. The molecule has 0 aliphatic heterocycles. The van der Waals surface area contributed by atoms with Crippen LogP contribution in [0.25, 0.3) is 0 Å². The first-order valence-electron chi connectivity index (χ1n) is 8.98. The number of aromatic nitrogens is 1. The first kappa shape index (κ1) is 20.0. The number of methoxy groups -OCH3 is 3. The van der Waals surface area contributed by atoms with Gasteiger partial charge in [-0.3, -0.25) is 9.78 Å². The van der Waals surface area contributed by atoms with E-state index in [0.717, 1.165) is 17.0 Å². The minimum atomic E-state index is -0.266. The average molecular weight is 393 g/mol. The van der Waals surface area contributed by atoms with Crippen molar-refractivity contribution in [3.8, 4) is 17.2 Å². The predicted octanol–water partition coefficient (Wildman–Crippen LogP) is 3.97. The number of anilines is 2. The molecule has 0 fully saturated rings. The van der Waals surface area contributed by atoms with Crippen LogP contribution in [0.15, 0.2) is 60.9 Å². The van der Waals surface area contributed by atoms with Crippen molar-refractivity contribution in [1.29, 1.82) is 0 Å². The van der Waals surface area contributed by atoms with Crippen molar-refractivity contribution in [2.75, 3.05) is 32.0 Å². The maximum atomic E-state index is 12.6. The zero-order chi connectivity index (χ0) is 20.6. The second-order valence-corrected chi connectivity index (χ2v) is 6.19. The van der Waals surface area contributed by atoms with Gasteiger partial charge in [-0.25, -0.2) is 0 Å². The van der Waals surface area contributed by atoms with Crippen LogP contribution in [0.3, 0.4) is 0 Å². The normalized spacial score (nSPS) is 10.2. The van der Waals surface area contributed by atoms with E-state index in [1.165, 1.54) is 6.20 Å². The zero-order valence-electron chi connectivity index (χ0n) is 16.6. The smallest absolute Gasteiger partial charge is 0.257 e. The Morgan fingerprint density at radius 3 is 2.31 bits per heavy atom. The average Bonchev–Trinajstić information content (AvgIpc) is 2.78. The summed E-state index contributed by atoms with van der Waals surface area (Å²) in [5.41, 5.74) is 2.88. The SMILES string of the molecule is COc1ccc(CNc2cncc(C(=O)Nc3ccc(OC)c(OC)c3)c2)cc1. The summed E-state index contributed by atoms with van der Waals surface area (Å²) in [6.45, 7) is 0.604. The highest BCUT2D eigenvalue weighted by Gasteiger charge is 2.10. The maximum absolute atomic E-state index is 12.6. The molecule has 2 N–H and O–H groups in total. The van der Waals surface area contributed by atoms with E-state index in [1.807, 2.05) is 24.3 Å². The van der Waals surface area contributed by atoms with Gasteiger partial charge in [0.25, 0.3) is 5.91 Å². The van der Waals surface area contributed by atoms with Crippen molar-refractivity contribution in [1.82, 2.24) is 4.98 Å². The molecule has 3 rings (SSSR count). The number of carbonyl (C=O) groups is 1. The van der Waals surface area contributed by atoms with Crippen LogP contribution in [0.4, 0.5) is 11.4 Å². The monoisotopic (exact) mass is 393 g/mol. The Labute approximate surface area is 169 Å². The molecule has 0 aliphatic carbocycles. The lowest BCUT2D eigenvalue weighted by Gasteiger charge is -2.11. The summed E-state index contributed by atoms with van der Waals surface area (Å²) in [5, 5.41) is 6.11. The molecule has 0 unspecified atom stereocenters. The molecule has 0 bridgehead atoms. The maximum Gasteiger partial charge on any atom is 0.257 e. The molecule has 0 atom stereocenters. The summed E-state index contributed by atoms with van der Waals surface area (Å²) in [7, 11) is 4.75. The van der Waals surface area contributed by atoms with E-state index in [9.17, 15) is 4.79 Å². The number of ether oxygens (including phenoxy) is 3. The van der Waals surface area contributed by atoms with Gasteiger partial charge in [0.05, 0.1) is 32.6 Å². The second kappa shape index (κ2) is 9.45. The predicted molar refractivity (Wildman–Crippen MR) is 112 cm³/mol. The molecule has 0 saturated heterocycles. The van der Waals surface area contributed by atoms with Crippen LogP contribution in [0, 0.1) is 0 Å². The third-order valence-electron chi connectivity index (χ3n) is 4.30. The fraction of sp³-hybridized carbons (Fsp3) is 0.182. The van der Waals surface area contributed by atoms with Crippen molar-refractivity contribution >= 4 is 17.3 Å². The Hall–Kier alpha value is -3.74. The van der Waals surface area contributed by atoms with Crippen molar-refractivity contribution in [2.45, 2.75) is 6.54 Å². The minimum Gasteiger partial charge on any atom is -0.497 e. The molecule has 29 heavy (non-hydrogen) atoms. The Bertz CT molecular complexity index is 974. The molecule has 0 radical (unpaired) electrons. The number of nitrogens with zero attached hydrogens (tertiary/aromatic N) is 1. The summed E-state index contributed by atoms with van der Waals surface area (Å²) in [6.07, 6.45) is 3.20. The Kier molecular flexibility index (Phi) is 6.52. The van der Waals surface area contributed by atoms with Gasteiger partial charge >= 0.3 is 0 Å². The van der Waals surface area contributed by atoms with Gasteiger partial charge in [0.1, 0.15) is 5.75 Å². The highest BCUT2D eigenvalue weighted by Crippen LogP contribution is 2.30. The number of hydrogen-bond acceptors (Lipinski definition) is 6. The van der Waals surface area contributed by atoms with Gasteiger partial charge in [-0.2, -0.15) is 0 Å². The van der Waals surface area contributed by atoms with E-state index in [0.29, 0.717) is 29.3 Å². The molecule has 0 spiro atoms. The fourth-order valence-electron chi connectivity index (χ4n) is 2.73. The number of carbonyl (C=O) groups excluding carboxylic acids is 1. The first-order chi connectivity index (χ1) is 14.1. The summed E-state index contributed by atoms with van der Waals surface area (Å²) in [4.78, 5) is 16.8. The fourth-order valence-corrected chi connectivity index (χ4v) is 2.73. The van der Waals surface area contributed by atoms with Crippen LogP contribution in [0.2, 0.25) is 0 Å². The number of pyridine rings is 1. The first-order valence-corrected chi connectivity index (χ1v) is 8.98. The molecule has 7 heteroatoms. The Morgan fingerprint density at radius 1 is 0.862 bits per heavy atom. The number of nitrogens with one attached hydrogen (secondary N) is 2. The van der Waals surface area contributed by atoms with E-state index in [4.69, 9.17) is 14.2 Å². The topological polar surface area (TPSA) is 81.7 Å². The van der Waals surface area contributed by atoms with Gasteiger partial charge in [-0.15, -0.1) is 0 Å². The summed E-state index contributed by atoms with van der Waals surface area (Å²) < 4.78 is 15.6. The molecule has 1 amide bonds. The molecule has 7 nitrogen and oxygen atoms in total. The highest BCUT2D eigenvalue weighted by molar-refractivity contribution is 6.04. The summed E-state index contributed by atoms with van der Waals surface area (Å²) in [5.74, 6) is 1.68. The molecule has 1 aromatic heterocycles. The zero-order valence-corrected chi connectivity index (χ0v) is 16.6. The van der Waals surface area contributed by atoms with Crippen molar-refractivity contribution in [3.05, 3.63) is 72.1 Å². The molecule has 0 aliphatic rings. The van der Waals surface area contributed by atoms with E-state index >= 15 is 0 Å². The second-order valence-electron chi connectivity index (χ2n) is 6.19. The Morgan fingerprint density at radius 2 is 1.62 bits per heavy atom. The van der Waals surface area contributed by atoms with Gasteiger partial charge in [0.15, 0.2) is 11.5 Å². The third kappa shape index (κ3) is 5.16. The minimum absolute atomic E-state index is 0.266. The van der Waals surface area contributed by atoms with Crippen molar-refractivity contribution in [2.24, 2.45) is 0 Å². The third-order valence-corrected chi connectivity index (χ3v) is 4.30. The van der Waals surface area contributed by atoms with Gasteiger partial charge in [0.2, 0.25) is 0 Å². The van der Waals surface area contributed by atoms with E-state index in [2.05, 4.69) is 15.6 Å². The van der Waals surface area contributed by atoms with Crippen LogP contribution in [-0.4, -0.2) is 32.2 Å². The molecular weight excluding hydrogens is 370 g/mol. The van der Waals surface area contributed by atoms with E-state index in [-0.39, 0.29) is 5.91 Å². The van der Waals surface area contributed by atoms with Crippen LogP contribution in [-0.2, 0) is 6.54 Å². The van der Waals surface area contributed by atoms with Gasteiger partial charge < -0.3 is 24.8 Å². The highest BCUT2D eigenvalue weighted by atomic mass is 16.5. The summed E-state index contributed by atoms with van der Waals surface area (Å²) in [6, 6.07) is 14.7. The summed E-state index contributed by atoms with van der Waals surface area (Å²) >= 11 is 0. The van der Waals surface area contributed by atoms with Crippen LogP contribution < -0.4 is 24.8 Å². The number of hydrogen-bond donors (Lipinski definition) is 2. The lowest BCUT2D eigenvalue weighted by atomic mass is 10.2. The lowest BCUT2D eigenvalue weighted by Crippen LogP contribution is -2.13. The number of amides is 1. The van der Waals surface area contributed by atoms with E-state index < -0.39 is 0 Å². The Balaban J connectivity index is 1.65. The van der Waals surface area contributed by atoms with E-state index in [1.54, 1.807) is 51.8 Å². The van der Waals surface area contributed by atoms with Gasteiger partial charge in [0, 0.05) is 30.7 Å². The van der Waals surface area contributed by atoms with Gasteiger partial charge in [-0.1, -0.05) is 12.1 Å². The number of rotatable bonds is 8. The molecule has 3 aromatic rings. The van der Waals surface area contributed by atoms with Crippen LogP contribution >= 0.6 is 0 Å². The molecule has 0 saturated carbocycles. The van der Waals surface area contributed by atoms with Gasteiger partial charge in [-0.05, 0) is 35.9 Å². The molecular formula is C22H23N3O4. The lowest BCUT2D eigenvalue weighted by molar-refractivity contribution is 0.102. The molecule has 2 aromatic carbocycles. The standard InChI is InChI=1S/C22H23N3O4/c1-27-19-7-4-15(5-8-19)12-24-18-10-16(13-23-14-18)22(26)25-17-6-9-20(28-2)21(11-17)29-3/h4-11,13-14,24H,12H2,1-3H3,(H,25,26). The quantitative estimate of drug-likeness (QED) is 0.603. The largest absolute Gasteiger partial charge is 0.497 e. The molecule has 1 heterocycles. The van der Waals surface area contributed by atoms with Crippen molar-refractivity contribution in [3.63, 3.8) is 0 Å². The van der Waals surface area contributed by atoms with Crippen molar-refractivity contribution < 1.29 is 19.0 Å². The molecule has 150 valence electrons. The van der Waals surface area contributed by atoms with Crippen LogP contribution in [0.1, 0.15) is 15.9 Å².